The molecule has 0 aliphatic carbocycles. The predicted molar refractivity (Wildman–Crippen MR) is 73.4 cm³/mol. The third kappa shape index (κ3) is 5.39. The zero-order chi connectivity index (χ0) is 14.6. The molecule has 1 N–H and O–H groups in total. The van der Waals surface area contributed by atoms with E-state index in [9.17, 15) is 9.18 Å². The average molecular weight is 267 g/mol. The molecule has 1 unspecified atom stereocenters. The van der Waals surface area contributed by atoms with E-state index < -0.39 is 5.60 Å². The highest BCUT2D eigenvalue weighted by Gasteiger charge is 2.17. The molecule has 4 heteroatoms. The fraction of sp³-hybridized carbons (Fsp3) is 0.533. The SMILES string of the molecule is Cc1ccc(C(C)NCC(=O)OC(C)(C)C)cc1F. The van der Waals surface area contributed by atoms with Gasteiger partial charge in [0.05, 0.1) is 6.54 Å². The number of esters is 1. The molecule has 1 aromatic carbocycles. The summed E-state index contributed by atoms with van der Waals surface area (Å²) in [6.45, 7) is 9.18. The summed E-state index contributed by atoms with van der Waals surface area (Å²) in [5.41, 5.74) is 0.938. The minimum atomic E-state index is -0.488. The van der Waals surface area contributed by atoms with Crippen molar-refractivity contribution in [2.45, 2.75) is 46.3 Å². The van der Waals surface area contributed by atoms with Gasteiger partial charge in [-0.3, -0.25) is 4.79 Å². The molecule has 0 saturated carbocycles. The maximum Gasteiger partial charge on any atom is 0.320 e. The molecular formula is C15H22FNO2. The van der Waals surface area contributed by atoms with Gasteiger partial charge in [0, 0.05) is 6.04 Å². The van der Waals surface area contributed by atoms with Crippen LogP contribution in [0.3, 0.4) is 0 Å². The molecule has 3 nitrogen and oxygen atoms in total. The van der Waals surface area contributed by atoms with Crippen LogP contribution in [0.4, 0.5) is 4.39 Å². The average Bonchev–Trinajstić information content (AvgIpc) is 2.27. The van der Waals surface area contributed by atoms with Crippen LogP contribution in [0.5, 0.6) is 0 Å². The normalized spacial score (nSPS) is 13.2. The first-order valence-corrected chi connectivity index (χ1v) is 6.40. The van der Waals surface area contributed by atoms with Crippen molar-refractivity contribution in [3.63, 3.8) is 0 Å². The summed E-state index contributed by atoms with van der Waals surface area (Å²) < 4.78 is 18.6. The summed E-state index contributed by atoms with van der Waals surface area (Å²) in [5, 5.41) is 3.03. The second kappa shape index (κ2) is 6.15. The second-order valence-electron chi connectivity index (χ2n) is 5.70. The summed E-state index contributed by atoms with van der Waals surface area (Å²) in [6.07, 6.45) is 0. The van der Waals surface area contributed by atoms with E-state index in [2.05, 4.69) is 5.32 Å². The monoisotopic (exact) mass is 267 g/mol. The molecule has 106 valence electrons. The second-order valence-corrected chi connectivity index (χ2v) is 5.70. The van der Waals surface area contributed by atoms with Crippen LogP contribution in [0.15, 0.2) is 18.2 Å². The van der Waals surface area contributed by atoms with E-state index in [0.29, 0.717) is 5.56 Å². The van der Waals surface area contributed by atoms with Gasteiger partial charge in [-0.25, -0.2) is 4.39 Å². The minimum Gasteiger partial charge on any atom is -0.459 e. The van der Waals surface area contributed by atoms with Gasteiger partial charge in [0.1, 0.15) is 11.4 Å². The molecule has 1 rings (SSSR count). The molecule has 0 heterocycles. The van der Waals surface area contributed by atoms with Crippen molar-refractivity contribution < 1.29 is 13.9 Å². The smallest absolute Gasteiger partial charge is 0.320 e. The van der Waals surface area contributed by atoms with Gasteiger partial charge in [0.15, 0.2) is 0 Å². The Balaban J connectivity index is 2.53. The molecule has 0 saturated heterocycles. The highest BCUT2D eigenvalue weighted by molar-refractivity contribution is 5.72. The molecule has 1 atom stereocenters. The van der Waals surface area contributed by atoms with Gasteiger partial charge in [0.2, 0.25) is 0 Å². The van der Waals surface area contributed by atoms with E-state index in [0.717, 1.165) is 5.56 Å². The first-order valence-electron chi connectivity index (χ1n) is 6.40. The van der Waals surface area contributed by atoms with Gasteiger partial charge in [-0.15, -0.1) is 0 Å². The molecule has 0 fully saturated rings. The van der Waals surface area contributed by atoms with Crippen LogP contribution in [0.2, 0.25) is 0 Å². The lowest BCUT2D eigenvalue weighted by Crippen LogP contribution is -2.32. The first-order chi connectivity index (χ1) is 8.69. The lowest BCUT2D eigenvalue weighted by molar-refractivity contribution is -0.153. The van der Waals surface area contributed by atoms with E-state index in [1.165, 1.54) is 6.07 Å². The summed E-state index contributed by atoms with van der Waals surface area (Å²) in [7, 11) is 0. The van der Waals surface area contributed by atoms with Crippen molar-refractivity contribution in [1.29, 1.82) is 0 Å². The number of carbonyl (C=O) groups excluding carboxylic acids is 1. The Morgan fingerprint density at radius 2 is 2.05 bits per heavy atom. The van der Waals surface area contributed by atoms with Crippen molar-refractivity contribution in [3.8, 4) is 0 Å². The molecule has 0 radical (unpaired) electrons. The number of aryl methyl sites for hydroxylation is 1. The number of hydrogen-bond acceptors (Lipinski definition) is 3. The van der Waals surface area contributed by atoms with Crippen LogP contribution < -0.4 is 5.32 Å². The Bertz CT molecular complexity index is 452. The Labute approximate surface area is 114 Å². The van der Waals surface area contributed by atoms with Crippen molar-refractivity contribution in [3.05, 3.63) is 35.1 Å². The van der Waals surface area contributed by atoms with Gasteiger partial charge in [-0.2, -0.15) is 0 Å². The van der Waals surface area contributed by atoms with Crippen LogP contribution in [0.1, 0.15) is 44.9 Å². The summed E-state index contributed by atoms with van der Waals surface area (Å²) >= 11 is 0. The third-order valence-corrected chi connectivity index (χ3v) is 2.67. The maximum atomic E-state index is 13.4. The minimum absolute atomic E-state index is 0.105. The molecule has 1 aromatic rings. The van der Waals surface area contributed by atoms with Crippen LogP contribution in [0, 0.1) is 12.7 Å². The zero-order valence-electron chi connectivity index (χ0n) is 12.2. The summed E-state index contributed by atoms with van der Waals surface area (Å²) in [5.74, 6) is -0.546. The lowest BCUT2D eigenvalue weighted by atomic mass is 10.1. The number of hydrogen-bond donors (Lipinski definition) is 1. The van der Waals surface area contributed by atoms with Crippen LogP contribution in [-0.2, 0) is 9.53 Å². The fourth-order valence-electron chi connectivity index (χ4n) is 1.61. The van der Waals surface area contributed by atoms with E-state index >= 15 is 0 Å². The molecule has 0 bridgehead atoms. The molecule has 0 spiro atoms. The molecule has 0 aromatic heterocycles. The van der Waals surface area contributed by atoms with E-state index in [4.69, 9.17) is 4.74 Å². The number of ether oxygens (including phenoxy) is 1. The largest absolute Gasteiger partial charge is 0.459 e. The summed E-state index contributed by atoms with van der Waals surface area (Å²) in [6, 6.07) is 4.96. The highest BCUT2D eigenvalue weighted by Crippen LogP contribution is 2.16. The number of rotatable bonds is 4. The van der Waals surface area contributed by atoms with Gasteiger partial charge < -0.3 is 10.1 Å². The fourth-order valence-corrected chi connectivity index (χ4v) is 1.61. The van der Waals surface area contributed by atoms with Crippen LogP contribution in [0.25, 0.3) is 0 Å². The predicted octanol–water partition coefficient (Wildman–Crippen LogP) is 3.13. The van der Waals surface area contributed by atoms with Gasteiger partial charge in [-0.05, 0) is 51.8 Å². The highest BCUT2D eigenvalue weighted by atomic mass is 19.1. The Morgan fingerprint density at radius 3 is 2.58 bits per heavy atom. The third-order valence-electron chi connectivity index (χ3n) is 2.67. The van der Waals surface area contributed by atoms with E-state index in [1.54, 1.807) is 13.0 Å². The van der Waals surface area contributed by atoms with Crippen molar-refractivity contribution in [2.75, 3.05) is 6.54 Å². The van der Waals surface area contributed by atoms with Crippen LogP contribution in [-0.4, -0.2) is 18.1 Å². The topological polar surface area (TPSA) is 38.3 Å². The number of nitrogens with one attached hydrogen (secondary N) is 1. The van der Waals surface area contributed by atoms with Crippen molar-refractivity contribution in [2.24, 2.45) is 0 Å². The zero-order valence-corrected chi connectivity index (χ0v) is 12.2. The number of halogens is 1. The molecular weight excluding hydrogens is 245 g/mol. The van der Waals surface area contributed by atoms with E-state index in [1.807, 2.05) is 33.8 Å². The molecule has 0 amide bonds. The molecule has 19 heavy (non-hydrogen) atoms. The Morgan fingerprint density at radius 1 is 1.42 bits per heavy atom. The Hall–Kier alpha value is -1.42. The number of benzene rings is 1. The first kappa shape index (κ1) is 15.6. The van der Waals surface area contributed by atoms with Crippen molar-refractivity contribution >= 4 is 5.97 Å². The van der Waals surface area contributed by atoms with Crippen LogP contribution >= 0.6 is 0 Å². The number of carbonyl (C=O) groups is 1. The molecule has 0 aliphatic rings. The summed E-state index contributed by atoms with van der Waals surface area (Å²) in [4.78, 5) is 11.6. The Kier molecular flexibility index (Phi) is 5.06. The van der Waals surface area contributed by atoms with Gasteiger partial charge >= 0.3 is 5.97 Å². The van der Waals surface area contributed by atoms with Gasteiger partial charge in [-0.1, -0.05) is 12.1 Å². The van der Waals surface area contributed by atoms with E-state index in [-0.39, 0.29) is 24.4 Å². The quantitative estimate of drug-likeness (QED) is 0.852. The molecule has 0 aliphatic heterocycles. The van der Waals surface area contributed by atoms with Gasteiger partial charge in [0.25, 0.3) is 0 Å². The van der Waals surface area contributed by atoms with Crippen molar-refractivity contribution in [1.82, 2.24) is 5.32 Å². The maximum absolute atomic E-state index is 13.4. The lowest BCUT2D eigenvalue weighted by Gasteiger charge is -2.21. The standard InChI is InChI=1S/C15H22FNO2/c1-10-6-7-12(8-13(10)16)11(2)17-9-14(18)19-15(3,4)5/h6-8,11,17H,9H2,1-5H3.